The van der Waals surface area contributed by atoms with Gasteiger partial charge in [-0.05, 0) is 50.8 Å². The lowest BCUT2D eigenvalue weighted by molar-refractivity contribution is -0.140. The first-order chi connectivity index (χ1) is 13.1. The average molecular weight is 380 g/mol. The lowest BCUT2D eigenvalue weighted by atomic mass is 10.1. The predicted molar refractivity (Wildman–Crippen MR) is 108 cm³/mol. The molecule has 0 atom stereocenters. The van der Waals surface area contributed by atoms with E-state index >= 15 is 0 Å². The molecule has 1 aromatic rings. The van der Waals surface area contributed by atoms with Crippen LogP contribution in [0.1, 0.15) is 38.7 Å². The largest absolute Gasteiger partial charge is 0.490 e. The van der Waals surface area contributed by atoms with E-state index in [1.165, 1.54) is 12.7 Å². The van der Waals surface area contributed by atoms with E-state index in [2.05, 4.69) is 26.4 Å². The molecule has 0 aliphatic rings. The van der Waals surface area contributed by atoms with Crippen LogP contribution in [0.25, 0.3) is 0 Å². The molecular formula is C20H33N3O4. The molecule has 0 unspecified atom stereocenters. The normalized spacial score (nSPS) is 11.0. The van der Waals surface area contributed by atoms with Gasteiger partial charge >= 0.3 is 5.97 Å². The molecule has 7 nitrogen and oxygen atoms in total. The highest BCUT2D eigenvalue weighted by molar-refractivity contribution is 5.79. The topological polar surface area (TPSA) is 81.2 Å². The molecule has 0 saturated carbocycles. The summed E-state index contributed by atoms with van der Waals surface area (Å²) in [4.78, 5) is 15.3. The Hall–Kier alpha value is -2.44. The van der Waals surface area contributed by atoms with Crippen molar-refractivity contribution < 1.29 is 19.0 Å². The van der Waals surface area contributed by atoms with Gasteiger partial charge in [0.05, 0.1) is 20.3 Å². The lowest BCUT2D eigenvalue weighted by Gasteiger charge is -2.14. The van der Waals surface area contributed by atoms with Gasteiger partial charge in [-0.3, -0.25) is 9.79 Å². The quantitative estimate of drug-likeness (QED) is 0.251. The maximum atomic E-state index is 11.1. The Bertz CT molecular complexity index is 591. The molecule has 0 heterocycles. The van der Waals surface area contributed by atoms with Crippen molar-refractivity contribution in [1.29, 1.82) is 0 Å². The van der Waals surface area contributed by atoms with Crippen LogP contribution in [0.4, 0.5) is 0 Å². The minimum Gasteiger partial charge on any atom is -0.490 e. The first-order valence-electron chi connectivity index (χ1n) is 9.54. The number of hydrogen-bond donors (Lipinski definition) is 2. The van der Waals surface area contributed by atoms with Crippen molar-refractivity contribution in [2.24, 2.45) is 4.99 Å². The highest BCUT2D eigenvalue weighted by Gasteiger charge is 2.06. The van der Waals surface area contributed by atoms with Crippen LogP contribution in [0, 0.1) is 0 Å². The molecule has 0 spiro atoms. The minimum absolute atomic E-state index is 0.167. The molecule has 0 aliphatic heterocycles. The first kappa shape index (κ1) is 22.6. The van der Waals surface area contributed by atoms with Crippen molar-refractivity contribution in [3.8, 4) is 11.5 Å². The highest BCUT2D eigenvalue weighted by Crippen LogP contribution is 2.28. The zero-order valence-electron chi connectivity index (χ0n) is 17.0. The number of guanidine groups is 1. The predicted octanol–water partition coefficient (Wildman–Crippen LogP) is 2.53. The number of rotatable bonds is 12. The van der Waals surface area contributed by atoms with Crippen molar-refractivity contribution in [2.45, 2.75) is 39.5 Å². The molecule has 0 radical (unpaired) electrons. The molecule has 0 aromatic heterocycles. The SMILES string of the molecule is CCOc1ccc(CCNC(=NC)NCCCCC(=O)OC)cc1OCC. The average Bonchev–Trinajstić information content (AvgIpc) is 2.68. The Labute approximate surface area is 162 Å². The van der Waals surface area contributed by atoms with Crippen molar-refractivity contribution >= 4 is 11.9 Å². The summed E-state index contributed by atoms with van der Waals surface area (Å²) in [5, 5.41) is 6.54. The van der Waals surface area contributed by atoms with Crippen LogP contribution < -0.4 is 20.1 Å². The zero-order chi connectivity index (χ0) is 19.9. The molecule has 1 aromatic carbocycles. The van der Waals surface area contributed by atoms with Gasteiger partial charge in [0.1, 0.15) is 0 Å². The zero-order valence-corrected chi connectivity index (χ0v) is 17.0. The van der Waals surface area contributed by atoms with E-state index in [-0.39, 0.29) is 5.97 Å². The smallest absolute Gasteiger partial charge is 0.305 e. The molecule has 0 amide bonds. The van der Waals surface area contributed by atoms with Crippen LogP contribution in [0.15, 0.2) is 23.2 Å². The van der Waals surface area contributed by atoms with E-state index in [1.54, 1.807) is 7.05 Å². The van der Waals surface area contributed by atoms with Crippen molar-refractivity contribution in [1.82, 2.24) is 10.6 Å². The van der Waals surface area contributed by atoms with Crippen LogP contribution >= 0.6 is 0 Å². The van der Waals surface area contributed by atoms with E-state index in [4.69, 9.17) is 9.47 Å². The third-order valence-corrected chi connectivity index (χ3v) is 3.87. The summed E-state index contributed by atoms with van der Waals surface area (Å²) in [7, 11) is 3.15. The second-order valence-corrected chi connectivity index (χ2v) is 5.86. The van der Waals surface area contributed by atoms with Gasteiger partial charge in [-0.2, -0.15) is 0 Å². The van der Waals surface area contributed by atoms with Crippen molar-refractivity contribution in [3.05, 3.63) is 23.8 Å². The van der Waals surface area contributed by atoms with Crippen LogP contribution in [0.2, 0.25) is 0 Å². The third-order valence-electron chi connectivity index (χ3n) is 3.87. The number of hydrogen-bond acceptors (Lipinski definition) is 5. The molecule has 0 aliphatic carbocycles. The molecule has 0 bridgehead atoms. The number of esters is 1. The second-order valence-electron chi connectivity index (χ2n) is 5.86. The summed E-state index contributed by atoms with van der Waals surface area (Å²) in [6.07, 6.45) is 2.97. The highest BCUT2D eigenvalue weighted by atomic mass is 16.5. The number of benzene rings is 1. The van der Waals surface area contributed by atoms with E-state index < -0.39 is 0 Å². The van der Waals surface area contributed by atoms with E-state index in [1.807, 2.05) is 26.0 Å². The van der Waals surface area contributed by atoms with Crippen LogP contribution in [-0.4, -0.2) is 52.4 Å². The minimum atomic E-state index is -0.167. The Kier molecular flexibility index (Phi) is 11.5. The molecule has 1 rings (SSSR count). The maximum absolute atomic E-state index is 11.1. The number of nitrogens with one attached hydrogen (secondary N) is 2. The van der Waals surface area contributed by atoms with Gasteiger partial charge in [-0.15, -0.1) is 0 Å². The lowest BCUT2D eigenvalue weighted by Crippen LogP contribution is -2.38. The Morgan fingerprint density at radius 3 is 2.41 bits per heavy atom. The summed E-state index contributed by atoms with van der Waals surface area (Å²) >= 11 is 0. The summed E-state index contributed by atoms with van der Waals surface area (Å²) in [5.74, 6) is 2.15. The summed E-state index contributed by atoms with van der Waals surface area (Å²) in [6.45, 7) is 6.65. The molecule has 152 valence electrons. The maximum Gasteiger partial charge on any atom is 0.305 e. The molecule has 0 fully saturated rings. The number of aliphatic imine (C=N–C) groups is 1. The van der Waals surface area contributed by atoms with Crippen molar-refractivity contribution in [2.75, 3.05) is 40.5 Å². The number of carbonyl (C=O) groups is 1. The molecule has 27 heavy (non-hydrogen) atoms. The van der Waals surface area contributed by atoms with Gasteiger partial charge < -0.3 is 24.8 Å². The summed E-state index contributed by atoms with van der Waals surface area (Å²) in [5.41, 5.74) is 1.17. The Balaban J connectivity index is 2.37. The fourth-order valence-electron chi connectivity index (χ4n) is 2.50. The van der Waals surface area contributed by atoms with Gasteiger partial charge in [0.2, 0.25) is 0 Å². The third kappa shape index (κ3) is 9.17. The number of ether oxygens (including phenoxy) is 3. The number of nitrogens with zero attached hydrogens (tertiary/aromatic N) is 1. The number of carbonyl (C=O) groups excluding carboxylic acids is 1. The number of unbranched alkanes of at least 4 members (excludes halogenated alkanes) is 1. The van der Waals surface area contributed by atoms with Gasteiger partial charge in [-0.25, -0.2) is 0 Å². The van der Waals surface area contributed by atoms with E-state index in [0.717, 1.165) is 49.8 Å². The first-order valence-corrected chi connectivity index (χ1v) is 9.54. The molecule has 2 N–H and O–H groups in total. The van der Waals surface area contributed by atoms with Gasteiger partial charge in [0.15, 0.2) is 17.5 Å². The van der Waals surface area contributed by atoms with Gasteiger partial charge in [0, 0.05) is 26.6 Å². The summed E-state index contributed by atoms with van der Waals surface area (Å²) < 4.78 is 15.9. The van der Waals surface area contributed by atoms with Crippen LogP contribution in [0.5, 0.6) is 11.5 Å². The van der Waals surface area contributed by atoms with Gasteiger partial charge in [0.25, 0.3) is 0 Å². The molecule has 7 heteroatoms. The molecular weight excluding hydrogens is 346 g/mol. The standard InChI is InChI=1S/C20H33N3O4/c1-5-26-17-11-10-16(15-18(17)27-6-2)12-14-23-20(21-3)22-13-8-7-9-19(24)25-4/h10-11,15H,5-9,12-14H2,1-4H3,(H2,21,22,23). The fraction of sp³-hybridized carbons (Fsp3) is 0.600. The van der Waals surface area contributed by atoms with Crippen LogP contribution in [-0.2, 0) is 16.0 Å². The number of methoxy groups -OCH3 is 1. The van der Waals surface area contributed by atoms with Crippen molar-refractivity contribution in [3.63, 3.8) is 0 Å². The fourth-order valence-corrected chi connectivity index (χ4v) is 2.50. The summed E-state index contributed by atoms with van der Waals surface area (Å²) in [6, 6.07) is 6.04. The molecule has 0 saturated heterocycles. The monoisotopic (exact) mass is 379 g/mol. The Morgan fingerprint density at radius 2 is 1.74 bits per heavy atom. The van der Waals surface area contributed by atoms with E-state index in [9.17, 15) is 4.79 Å². The second kappa shape index (κ2) is 13.7. The van der Waals surface area contributed by atoms with Crippen LogP contribution in [0.3, 0.4) is 0 Å². The van der Waals surface area contributed by atoms with E-state index in [0.29, 0.717) is 19.6 Å². The Morgan fingerprint density at radius 1 is 1.04 bits per heavy atom. The van der Waals surface area contributed by atoms with Gasteiger partial charge in [-0.1, -0.05) is 6.07 Å².